The number of Topliss-reactive ketones (excluding diaryl/α,β-unsaturated/α-hetero) is 1. The second-order valence-electron chi connectivity index (χ2n) is 17.2. The number of methoxy groups -OCH3 is 2. The Morgan fingerprint density at radius 3 is 2.45 bits per heavy atom. The largest absolute Gasteiger partial charge is 0.497 e. The van der Waals surface area contributed by atoms with E-state index in [4.69, 9.17) is 23.7 Å². The number of rotatable bonds is 11. The lowest BCUT2D eigenvalue weighted by Crippen LogP contribution is -2.50. The molecule has 18 heteroatoms. The number of hydrogen-bond donors (Lipinski definition) is 1. The summed E-state index contributed by atoms with van der Waals surface area (Å²) in [7, 11) is -1.12. The first kappa shape index (κ1) is 45.1. The number of nitrogens with zero attached hydrogens (tertiary/aromatic N) is 2. The van der Waals surface area contributed by atoms with E-state index < -0.39 is 105 Å². The van der Waals surface area contributed by atoms with Crippen LogP contribution in [-0.4, -0.2) is 104 Å². The van der Waals surface area contributed by atoms with Gasteiger partial charge in [0.15, 0.2) is 5.78 Å². The van der Waals surface area contributed by atoms with E-state index in [9.17, 15) is 40.8 Å². The number of ether oxygens (including phenoxy) is 5. The van der Waals surface area contributed by atoms with Crippen LogP contribution >= 0.6 is 0 Å². The SMILES string of the molecule is CC[C@@H]1O[C@H](C)CC/C=C\[C@@H]2C[C@@]2(C(=O)NS(=O)(=O)C2(C)CC2)CC(=O)[C@@H]2C[C@@H](Oc3cc(OC)nc4cc(OC)ccc34)CN2C(=O)[C@H]1CC(=O)OC(C)(C)C(F)(F)F. The summed E-state index contributed by atoms with van der Waals surface area (Å²) in [6.07, 6.45) is -2.79. The highest BCUT2D eigenvalue weighted by Crippen LogP contribution is 2.58. The number of ketones is 1. The third-order valence-electron chi connectivity index (χ3n) is 12.4. The molecule has 1 aromatic carbocycles. The van der Waals surface area contributed by atoms with Crippen molar-refractivity contribution in [3.63, 3.8) is 0 Å². The molecule has 0 bridgehead atoms. The Bertz CT molecular complexity index is 2140. The van der Waals surface area contributed by atoms with Crippen LogP contribution in [0.4, 0.5) is 13.2 Å². The monoisotopic (exact) mass is 865 g/mol. The highest BCUT2D eigenvalue weighted by atomic mass is 32.2. The highest BCUT2D eigenvalue weighted by molar-refractivity contribution is 7.91. The molecule has 6 rings (SSSR count). The van der Waals surface area contributed by atoms with Gasteiger partial charge in [-0.25, -0.2) is 13.4 Å². The number of allylic oxidation sites excluding steroid dienone is 2. The predicted octanol–water partition coefficient (Wildman–Crippen LogP) is 5.99. The van der Waals surface area contributed by atoms with Crippen LogP contribution in [0.3, 0.4) is 0 Å². The van der Waals surface area contributed by atoms with Gasteiger partial charge in [-0.3, -0.25) is 23.9 Å². The number of sulfonamides is 1. The lowest BCUT2D eigenvalue weighted by Gasteiger charge is -2.34. The van der Waals surface area contributed by atoms with Crippen LogP contribution in [-0.2, 0) is 38.7 Å². The van der Waals surface area contributed by atoms with E-state index in [2.05, 4.69) is 9.71 Å². The lowest BCUT2D eigenvalue weighted by atomic mass is 9.90. The third-order valence-corrected chi connectivity index (χ3v) is 14.6. The summed E-state index contributed by atoms with van der Waals surface area (Å²) in [5.74, 6) is -4.19. The number of alkyl halides is 3. The molecule has 1 aromatic heterocycles. The average molecular weight is 866 g/mol. The van der Waals surface area contributed by atoms with Gasteiger partial charge in [0.2, 0.25) is 33.3 Å². The summed E-state index contributed by atoms with van der Waals surface area (Å²) >= 11 is 0. The first-order valence-corrected chi connectivity index (χ1v) is 21.8. The van der Waals surface area contributed by atoms with Crippen LogP contribution in [0, 0.1) is 17.3 Å². The molecule has 3 fully saturated rings. The summed E-state index contributed by atoms with van der Waals surface area (Å²) in [5.41, 5.74) is -3.82. The molecule has 2 aromatic rings. The minimum absolute atomic E-state index is 0.0756. The van der Waals surface area contributed by atoms with E-state index in [1.807, 2.05) is 12.2 Å². The van der Waals surface area contributed by atoms with Crippen molar-refractivity contribution < 1.29 is 64.5 Å². The number of hydrogen-bond acceptors (Lipinski definition) is 12. The summed E-state index contributed by atoms with van der Waals surface area (Å²) in [6, 6.07) is 5.43. The normalized spacial score (nSPS) is 29.0. The summed E-state index contributed by atoms with van der Waals surface area (Å²) in [6.45, 7) is 6.27. The van der Waals surface area contributed by atoms with Gasteiger partial charge >= 0.3 is 12.1 Å². The zero-order chi connectivity index (χ0) is 44.0. The van der Waals surface area contributed by atoms with Crippen molar-refractivity contribution >= 4 is 44.5 Å². The number of carbonyl (C=O) groups is 4. The summed E-state index contributed by atoms with van der Waals surface area (Å²) in [5, 5.41) is 0.564. The highest BCUT2D eigenvalue weighted by Gasteiger charge is 2.63. The van der Waals surface area contributed by atoms with Crippen LogP contribution in [0.5, 0.6) is 17.4 Å². The van der Waals surface area contributed by atoms with Gasteiger partial charge in [0.1, 0.15) is 17.6 Å². The van der Waals surface area contributed by atoms with Gasteiger partial charge in [-0.2, -0.15) is 13.2 Å². The average Bonchev–Trinajstić information content (AvgIpc) is 4.06. The Balaban J connectivity index is 1.39. The van der Waals surface area contributed by atoms with Crippen LogP contribution in [0.1, 0.15) is 92.4 Å². The number of esters is 1. The number of fused-ring (bicyclic) bond motifs is 3. The van der Waals surface area contributed by atoms with E-state index >= 15 is 0 Å². The van der Waals surface area contributed by atoms with E-state index in [1.54, 1.807) is 45.0 Å². The fraction of sp³-hybridized carbons (Fsp3) is 0.643. The number of amides is 2. The van der Waals surface area contributed by atoms with Gasteiger partial charge in [-0.1, -0.05) is 19.1 Å². The third kappa shape index (κ3) is 9.23. The van der Waals surface area contributed by atoms with Crippen molar-refractivity contribution in [3.05, 3.63) is 36.4 Å². The van der Waals surface area contributed by atoms with Gasteiger partial charge in [-0.05, 0) is 84.3 Å². The fourth-order valence-electron chi connectivity index (χ4n) is 8.03. The molecule has 14 nitrogen and oxygen atoms in total. The fourth-order valence-corrected chi connectivity index (χ4v) is 9.37. The van der Waals surface area contributed by atoms with E-state index in [-0.39, 0.29) is 31.7 Å². The molecule has 2 amide bonds. The zero-order valence-electron chi connectivity index (χ0n) is 34.9. The molecule has 0 spiro atoms. The molecule has 2 aliphatic heterocycles. The maximum Gasteiger partial charge on any atom is 0.427 e. The molecule has 0 unspecified atom stereocenters. The van der Waals surface area contributed by atoms with Gasteiger partial charge < -0.3 is 28.6 Å². The van der Waals surface area contributed by atoms with Crippen LogP contribution in [0.2, 0.25) is 0 Å². The van der Waals surface area contributed by atoms with Gasteiger partial charge in [0, 0.05) is 30.4 Å². The lowest BCUT2D eigenvalue weighted by molar-refractivity contribution is -0.258. The van der Waals surface area contributed by atoms with Gasteiger partial charge in [0.25, 0.3) is 0 Å². The van der Waals surface area contributed by atoms with Crippen LogP contribution in [0.25, 0.3) is 10.9 Å². The number of aromatic nitrogens is 1. The molecule has 3 heterocycles. The molecule has 0 radical (unpaired) electrons. The number of halogens is 3. The van der Waals surface area contributed by atoms with Crippen molar-refractivity contribution in [1.29, 1.82) is 0 Å². The summed E-state index contributed by atoms with van der Waals surface area (Å²) in [4.78, 5) is 62.8. The van der Waals surface area contributed by atoms with E-state index in [0.717, 1.165) is 0 Å². The van der Waals surface area contributed by atoms with Gasteiger partial charge in [0.05, 0.1) is 67.0 Å². The minimum atomic E-state index is -4.91. The Morgan fingerprint density at radius 2 is 1.82 bits per heavy atom. The van der Waals surface area contributed by atoms with Crippen LogP contribution in [0.15, 0.2) is 36.4 Å². The van der Waals surface area contributed by atoms with E-state index in [0.29, 0.717) is 61.9 Å². The second-order valence-corrected chi connectivity index (χ2v) is 19.4. The molecular weight excluding hydrogens is 812 g/mol. The Kier molecular flexibility index (Phi) is 12.6. The molecule has 2 saturated carbocycles. The molecule has 4 aliphatic rings. The second kappa shape index (κ2) is 16.8. The molecule has 7 atom stereocenters. The molecular formula is C42H54F3N3O11S. The molecule has 330 valence electrons. The molecule has 2 aliphatic carbocycles. The van der Waals surface area contributed by atoms with Crippen molar-refractivity contribution in [1.82, 2.24) is 14.6 Å². The Labute approximate surface area is 347 Å². The Morgan fingerprint density at radius 1 is 1.10 bits per heavy atom. The topological polar surface area (TPSA) is 177 Å². The zero-order valence-corrected chi connectivity index (χ0v) is 35.7. The molecule has 60 heavy (non-hydrogen) atoms. The maximum absolute atomic E-state index is 15.0. The van der Waals surface area contributed by atoms with Crippen LogP contribution < -0.4 is 18.9 Å². The van der Waals surface area contributed by atoms with Crippen molar-refractivity contribution in [2.24, 2.45) is 17.3 Å². The first-order valence-electron chi connectivity index (χ1n) is 20.3. The quantitative estimate of drug-likeness (QED) is 0.207. The molecule has 1 saturated heterocycles. The predicted molar refractivity (Wildman–Crippen MR) is 212 cm³/mol. The standard InChI is InChI=1S/C42H54F3N3O11S/c1-8-33-29(19-36(50)59-39(3,4)42(43,44)45)37(51)48-23-27(58-34-20-35(56-7)46-30-17-26(55-6)13-14-28(30)34)18-31(48)32(49)22-41(21-25(41)12-10-9-11-24(2)57-33)38(52)47-60(53,54)40(5)15-16-40/h10,12-14,17,20,24-25,27,29,31,33H,8-9,11,15-16,18-19,21-23H2,1-7H3,(H,47,52)/b12-10-/t24-,25-,27-,29+,31+,33+,41-/m1/s1. The van der Waals surface area contributed by atoms with Crippen molar-refractivity contribution in [2.75, 3.05) is 20.8 Å². The number of benzene rings is 1. The number of nitrogens with one attached hydrogen (secondary N) is 1. The summed E-state index contributed by atoms with van der Waals surface area (Å²) < 4.78 is 97.8. The van der Waals surface area contributed by atoms with Gasteiger partial charge in [-0.15, -0.1) is 0 Å². The van der Waals surface area contributed by atoms with Crippen molar-refractivity contribution in [2.45, 2.75) is 133 Å². The Hall–Kier alpha value is -4.45. The number of pyridine rings is 1. The smallest absolute Gasteiger partial charge is 0.427 e. The molecule has 1 N–H and O–H groups in total. The van der Waals surface area contributed by atoms with E-state index in [1.165, 1.54) is 19.1 Å². The maximum atomic E-state index is 15.0. The van der Waals surface area contributed by atoms with Crippen molar-refractivity contribution in [3.8, 4) is 17.4 Å². The first-order chi connectivity index (χ1) is 28.1. The minimum Gasteiger partial charge on any atom is -0.497 e. The number of carbonyl (C=O) groups excluding carboxylic acids is 4.